The average molecular weight is 217 g/mol. The van der Waals surface area contributed by atoms with E-state index in [1.165, 1.54) is 0 Å². The van der Waals surface area contributed by atoms with Crippen LogP contribution in [0.1, 0.15) is 45.1 Å². The van der Waals surface area contributed by atoms with E-state index in [9.17, 15) is 4.79 Å². The van der Waals surface area contributed by atoms with Gasteiger partial charge in [0.05, 0.1) is 0 Å². The number of Topliss-reactive ketones (excluding diaryl/α,β-unsaturated/α-hetero) is 1. The molecule has 0 amide bonds. The van der Waals surface area contributed by atoms with E-state index in [0.717, 1.165) is 33.4 Å². The van der Waals surface area contributed by atoms with Crippen molar-refractivity contribution in [3.8, 4) is 0 Å². The Labute approximate surface area is 97.2 Å². The number of rotatable bonds is 2. The molecule has 0 spiro atoms. The first-order valence-electron chi connectivity index (χ1n) is 5.35. The summed E-state index contributed by atoms with van der Waals surface area (Å²) < 4.78 is 0. The van der Waals surface area contributed by atoms with E-state index in [2.05, 4.69) is 6.58 Å². The molecule has 16 heavy (non-hydrogen) atoms. The molecule has 1 rings (SSSR count). The Morgan fingerprint density at radius 2 is 1.38 bits per heavy atom. The van der Waals surface area contributed by atoms with Crippen LogP contribution >= 0.6 is 0 Å². The van der Waals surface area contributed by atoms with Gasteiger partial charge in [-0.1, -0.05) is 6.58 Å². The van der Waals surface area contributed by atoms with Crippen LogP contribution in [0.2, 0.25) is 0 Å². The highest BCUT2D eigenvalue weighted by Gasteiger charge is 2.17. The minimum Gasteiger partial charge on any atom is -0.399 e. The molecule has 0 saturated heterocycles. The lowest BCUT2D eigenvalue weighted by atomic mass is 9.86. The standard InChI is InChI=1S/C14H19NO/c1-7-8(2)13(11(5)15)10(4)14(9(7)3)12(6)16/h5,15H2,1-4,6H3. The molecule has 0 aliphatic heterocycles. The molecule has 0 radical (unpaired) electrons. The number of ketones is 1. The molecule has 0 aliphatic rings. The van der Waals surface area contributed by atoms with E-state index < -0.39 is 0 Å². The van der Waals surface area contributed by atoms with Crippen molar-refractivity contribution in [3.05, 3.63) is 40.0 Å². The fourth-order valence-corrected chi connectivity index (χ4v) is 2.35. The lowest BCUT2D eigenvalue weighted by molar-refractivity contribution is 0.101. The quantitative estimate of drug-likeness (QED) is 0.774. The highest BCUT2D eigenvalue weighted by molar-refractivity contribution is 5.99. The minimum absolute atomic E-state index is 0.0839. The molecule has 0 fully saturated rings. The van der Waals surface area contributed by atoms with Crippen LogP contribution in [0.3, 0.4) is 0 Å². The number of nitrogens with two attached hydrogens (primary N) is 1. The Morgan fingerprint density at radius 3 is 1.75 bits per heavy atom. The third-order valence-corrected chi connectivity index (χ3v) is 3.30. The summed E-state index contributed by atoms with van der Waals surface area (Å²) in [6, 6.07) is 0. The van der Waals surface area contributed by atoms with E-state index in [1.54, 1.807) is 6.92 Å². The Hall–Kier alpha value is -1.57. The molecule has 0 bridgehead atoms. The predicted molar refractivity (Wildman–Crippen MR) is 68.6 cm³/mol. The van der Waals surface area contributed by atoms with Crippen LogP contribution < -0.4 is 5.73 Å². The van der Waals surface area contributed by atoms with Crippen molar-refractivity contribution in [1.82, 2.24) is 0 Å². The Balaban J connectivity index is 3.80. The largest absolute Gasteiger partial charge is 0.399 e. The zero-order valence-corrected chi connectivity index (χ0v) is 10.7. The topological polar surface area (TPSA) is 43.1 Å². The number of carbonyl (C=O) groups excluding carboxylic acids is 1. The van der Waals surface area contributed by atoms with Crippen LogP contribution in [-0.4, -0.2) is 5.78 Å². The van der Waals surface area contributed by atoms with Crippen LogP contribution in [0.15, 0.2) is 6.58 Å². The maximum Gasteiger partial charge on any atom is 0.160 e. The zero-order chi connectivity index (χ0) is 12.6. The van der Waals surface area contributed by atoms with Gasteiger partial charge in [0.15, 0.2) is 5.78 Å². The van der Waals surface area contributed by atoms with Crippen molar-refractivity contribution >= 4 is 11.5 Å². The summed E-state index contributed by atoms with van der Waals surface area (Å²) in [7, 11) is 0. The van der Waals surface area contributed by atoms with Crippen molar-refractivity contribution in [2.45, 2.75) is 34.6 Å². The van der Waals surface area contributed by atoms with Crippen LogP contribution in [0.4, 0.5) is 0 Å². The molecular formula is C14H19NO. The van der Waals surface area contributed by atoms with Crippen LogP contribution in [0.5, 0.6) is 0 Å². The smallest absolute Gasteiger partial charge is 0.160 e. The second-order valence-corrected chi connectivity index (χ2v) is 4.33. The summed E-state index contributed by atoms with van der Waals surface area (Å²) in [4.78, 5) is 11.7. The zero-order valence-electron chi connectivity index (χ0n) is 10.7. The maximum atomic E-state index is 11.7. The van der Waals surface area contributed by atoms with Gasteiger partial charge in [-0.25, -0.2) is 0 Å². The summed E-state index contributed by atoms with van der Waals surface area (Å²) in [5.74, 6) is 0.0839. The Bertz CT molecular complexity index is 443. The first kappa shape index (κ1) is 12.5. The number of carbonyl (C=O) groups is 1. The highest BCUT2D eigenvalue weighted by atomic mass is 16.1. The lowest BCUT2D eigenvalue weighted by Crippen LogP contribution is -2.10. The van der Waals surface area contributed by atoms with Gasteiger partial charge < -0.3 is 5.73 Å². The first-order chi connectivity index (χ1) is 7.29. The molecule has 0 aromatic heterocycles. The molecular weight excluding hydrogens is 198 g/mol. The van der Waals surface area contributed by atoms with Crippen LogP contribution in [0, 0.1) is 27.7 Å². The van der Waals surface area contributed by atoms with Crippen molar-refractivity contribution in [2.75, 3.05) is 0 Å². The van der Waals surface area contributed by atoms with Gasteiger partial charge in [-0.3, -0.25) is 4.79 Å². The van der Waals surface area contributed by atoms with Gasteiger partial charge in [0, 0.05) is 16.8 Å². The van der Waals surface area contributed by atoms with E-state index in [1.807, 2.05) is 27.7 Å². The van der Waals surface area contributed by atoms with Gasteiger partial charge in [0.1, 0.15) is 0 Å². The maximum absolute atomic E-state index is 11.7. The fraction of sp³-hybridized carbons (Fsp3) is 0.357. The summed E-state index contributed by atoms with van der Waals surface area (Å²) >= 11 is 0. The van der Waals surface area contributed by atoms with Gasteiger partial charge >= 0.3 is 0 Å². The molecule has 0 saturated carbocycles. The van der Waals surface area contributed by atoms with Crippen LogP contribution in [0.25, 0.3) is 5.70 Å². The number of benzene rings is 1. The normalized spacial score (nSPS) is 10.3. The Morgan fingerprint density at radius 1 is 0.938 bits per heavy atom. The van der Waals surface area contributed by atoms with E-state index in [-0.39, 0.29) is 5.78 Å². The third-order valence-electron chi connectivity index (χ3n) is 3.30. The molecule has 0 heterocycles. The molecule has 2 heteroatoms. The van der Waals surface area contributed by atoms with Gasteiger partial charge in [-0.2, -0.15) is 0 Å². The van der Waals surface area contributed by atoms with Gasteiger partial charge in [0.2, 0.25) is 0 Å². The number of hydrogen-bond donors (Lipinski definition) is 1. The van der Waals surface area contributed by atoms with E-state index >= 15 is 0 Å². The van der Waals surface area contributed by atoms with Crippen molar-refractivity contribution < 1.29 is 4.79 Å². The second kappa shape index (κ2) is 4.12. The third kappa shape index (κ3) is 1.75. The molecule has 1 aromatic rings. The highest BCUT2D eigenvalue weighted by Crippen LogP contribution is 2.29. The average Bonchev–Trinajstić information content (AvgIpc) is 2.13. The second-order valence-electron chi connectivity index (χ2n) is 4.33. The van der Waals surface area contributed by atoms with Crippen LogP contribution in [-0.2, 0) is 0 Å². The first-order valence-corrected chi connectivity index (χ1v) is 5.35. The van der Waals surface area contributed by atoms with Crippen molar-refractivity contribution in [2.24, 2.45) is 5.73 Å². The Kier molecular flexibility index (Phi) is 3.22. The monoisotopic (exact) mass is 217 g/mol. The molecule has 2 nitrogen and oxygen atoms in total. The molecule has 1 aromatic carbocycles. The van der Waals surface area contributed by atoms with Crippen molar-refractivity contribution in [1.29, 1.82) is 0 Å². The predicted octanol–water partition coefficient (Wildman–Crippen LogP) is 3.05. The van der Waals surface area contributed by atoms with Gasteiger partial charge in [0.25, 0.3) is 0 Å². The van der Waals surface area contributed by atoms with E-state index in [0.29, 0.717) is 5.70 Å². The summed E-state index contributed by atoms with van der Waals surface area (Å²) in [5, 5.41) is 0. The SMILES string of the molecule is C=C(N)c1c(C)c(C)c(C)c(C(C)=O)c1C. The molecule has 86 valence electrons. The van der Waals surface area contributed by atoms with Gasteiger partial charge in [-0.05, 0) is 56.9 Å². The fourth-order valence-electron chi connectivity index (χ4n) is 2.35. The molecule has 0 aliphatic carbocycles. The molecule has 0 unspecified atom stereocenters. The van der Waals surface area contributed by atoms with Crippen molar-refractivity contribution in [3.63, 3.8) is 0 Å². The van der Waals surface area contributed by atoms with Gasteiger partial charge in [-0.15, -0.1) is 0 Å². The minimum atomic E-state index is 0.0839. The summed E-state index contributed by atoms with van der Waals surface area (Å²) in [6.45, 7) is 13.3. The van der Waals surface area contributed by atoms with E-state index in [4.69, 9.17) is 5.73 Å². The molecule has 0 atom stereocenters. The lowest BCUT2D eigenvalue weighted by Gasteiger charge is -2.19. The summed E-state index contributed by atoms with van der Waals surface area (Å²) in [5.41, 5.74) is 12.3. The molecule has 2 N–H and O–H groups in total. The number of hydrogen-bond acceptors (Lipinski definition) is 2. The summed E-state index contributed by atoms with van der Waals surface area (Å²) in [6.07, 6.45) is 0.